The van der Waals surface area contributed by atoms with E-state index < -0.39 is 23.9 Å². The van der Waals surface area contributed by atoms with E-state index in [1.807, 2.05) is 24.3 Å². The standard InChI is InChI=1S/C60H78O12/c1-37(2)47-29-43(13-17-51(47)69-33-55(61)65-9)59(44-14-18-52(48(30-44)38(3)4)70-34-56(62)66-10)25-21-41(22-26-59)42-23-27-60(28-24-42,45-15-19-53(49(31-45)39(5)6)71-35-57(63)67-11)46-16-20-54(50(32-46)40(7)8)72-36-58(64)68-12/h13-20,29-32,37-42H,21-28,33-36H2,1-12H3. The normalized spacial score (nSPS) is 15.8. The molecule has 0 amide bonds. The Morgan fingerprint density at radius 3 is 0.778 bits per heavy atom. The van der Waals surface area contributed by atoms with Crippen LogP contribution in [0.2, 0.25) is 0 Å². The highest BCUT2D eigenvalue weighted by molar-refractivity contribution is 5.72. The molecule has 72 heavy (non-hydrogen) atoms. The van der Waals surface area contributed by atoms with Crippen molar-refractivity contribution in [3.63, 3.8) is 0 Å². The number of ether oxygens (including phenoxy) is 8. The van der Waals surface area contributed by atoms with Crippen molar-refractivity contribution in [2.45, 2.75) is 141 Å². The Morgan fingerprint density at radius 2 is 0.597 bits per heavy atom. The van der Waals surface area contributed by atoms with Gasteiger partial charge in [-0.15, -0.1) is 0 Å². The molecular weight excluding hydrogens is 913 g/mol. The first-order valence-corrected chi connectivity index (χ1v) is 25.8. The van der Waals surface area contributed by atoms with Crippen molar-refractivity contribution >= 4 is 23.9 Å². The van der Waals surface area contributed by atoms with Crippen LogP contribution < -0.4 is 18.9 Å². The molecule has 0 atom stereocenters. The van der Waals surface area contributed by atoms with Crippen molar-refractivity contribution in [1.29, 1.82) is 0 Å². The fourth-order valence-electron chi connectivity index (χ4n) is 11.2. The van der Waals surface area contributed by atoms with Crippen LogP contribution in [0.25, 0.3) is 0 Å². The summed E-state index contributed by atoms with van der Waals surface area (Å²) < 4.78 is 43.8. The highest BCUT2D eigenvalue weighted by atomic mass is 16.6. The summed E-state index contributed by atoms with van der Waals surface area (Å²) in [5, 5.41) is 0. The van der Waals surface area contributed by atoms with Crippen LogP contribution in [0.4, 0.5) is 0 Å². The topological polar surface area (TPSA) is 142 Å². The number of carbonyl (C=O) groups is 4. The molecule has 2 fully saturated rings. The molecule has 4 aromatic carbocycles. The average Bonchev–Trinajstić information content (AvgIpc) is 3.39. The predicted molar refractivity (Wildman–Crippen MR) is 278 cm³/mol. The first-order chi connectivity index (χ1) is 34.4. The zero-order valence-corrected chi connectivity index (χ0v) is 44.8. The number of hydrogen-bond acceptors (Lipinski definition) is 12. The third-order valence-corrected chi connectivity index (χ3v) is 15.5. The van der Waals surface area contributed by atoms with E-state index in [-0.39, 0.29) is 60.9 Å². The Balaban J connectivity index is 1.36. The van der Waals surface area contributed by atoms with Gasteiger partial charge in [-0.05, 0) is 156 Å². The maximum absolute atomic E-state index is 12.2. The molecule has 2 aliphatic rings. The maximum Gasteiger partial charge on any atom is 0.343 e. The minimum absolute atomic E-state index is 0.134. The smallest absolute Gasteiger partial charge is 0.343 e. The average molecular weight is 991 g/mol. The molecule has 0 bridgehead atoms. The molecule has 0 radical (unpaired) electrons. The number of esters is 4. The van der Waals surface area contributed by atoms with Gasteiger partial charge in [0.2, 0.25) is 0 Å². The Bertz CT molecular complexity index is 2180. The van der Waals surface area contributed by atoms with E-state index in [0.717, 1.165) is 73.6 Å². The number of rotatable bonds is 21. The van der Waals surface area contributed by atoms with Crippen molar-refractivity contribution < 1.29 is 57.1 Å². The monoisotopic (exact) mass is 991 g/mol. The molecule has 0 spiro atoms. The third-order valence-electron chi connectivity index (χ3n) is 15.5. The lowest BCUT2D eigenvalue weighted by atomic mass is 9.57. The van der Waals surface area contributed by atoms with Crippen molar-refractivity contribution in [2.75, 3.05) is 54.9 Å². The molecular formula is C60H78O12. The molecule has 0 unspecified atom stereocenters. The van der Waals surface area contributed by atoms with Gasteiger partial charge in [0.05, 0.1) is 28.4 Å². The van der Waals surface area contributed by atoms with Crippen LogP contribution >= 0.6 is 0 Å². The summed E-state index contributed by atoms with van der Waals surface area (Å²) in [4.78, 5) is 48.6. The quantitative estimate of drug-likeness (QED) is 0.0579. The zero-order valence-electron chi connectivity index (χ0n) is 44.8. The minimum Gasteiger partial charge on any atom is -0.482 e. The van der Waals surface area contributed by atoms with Gasteiger partial charge in [0.15, 0.2) is 26.4 Å². The summed E-state index contributed by atoms with van der Waals surface area (Å²) in [5.74, 6) is 2.54. The number of carbonyl (C=O) groups excluding carboxylic acids is 4. The molecule has 2 aliphatic carbocycles. The molecule has 0 heterocycles. The van der Waals surface area contributed by atoms with Gasteiger partial charge in [0.25, 0.3) is 0 Å². The van der Waals surface area contributed by atoms with Gasteiger partial charge in [-0.2, -0.15) is 0 Å². The van der Waals surface area contributed by atoms with Crippen molar-refractivity contribution in [3.05, 3.63) is 117 Å². The first-order valence-electron chi connectivity index (χ1n) is 25.8. The fraction of sp³-hybridized carbons (Fsp3) is 0.533. The molecule has 390 valence electrons. The van der Waals surface area contributed by atoms with Crippen LogP contribution in [0.5, 0.6) is 23.0 Å². The van der Waals surface area contributed by atoms with E-state index in [1.54, 1.807) is 0 Å². The van der Waals surface area contributed by atoms with Gasteiger partial charge in [-0.25, -0.2) is 19.2 Å². The van der Waals surface area contributed by atoms with Crippen molar-refractivity contribution in [1.82, 2.24) is 0 Å². The van der Waals surface area contributed by atoms with Gasteiger partial charge in [0.1, 0.15) is 23.0 Å². The number of benzene rings is 4. The fourth-order valence-corrected chi connectivity index (χ4v) is 11.2. The molecule has 4 aromatic rings. The molecule has 0 aromatic heterocycles. The summed E-state index contributed by atoms with van der Waals surface area (Å²) in [6.07, 6.45) is 7.92. The molecule has 0 saturated heterocycles. The molecule has 2 saturated carbocycles. The predicted octanol–water partition coefficient (Wildman–Crippen LogP) is 12.0. The van der Waals surface area contributed by atoms with Crippen LogP contribution in [0.15, 0.2) is 72.8 Å². The molecule has 6 rings (SSSR count). The third kappa shape index (κ3) is 12.6. The molecule has 12 heteroatoms. The Morgan fingerprint density at radius 1 is 0.389 bits per heavy atom. The van der Waals surface area contributed by atoms with Crippen LogP contribution in [0.1, 0.15) is 175 Å². The zero-order chi connectivity index (χ0) is 52.3. The first kappa shape index (κ1) is 55.3. The highest BCUT2D eigenvalue weighted by Gasteiger charge is 2.45. The molecule has 0 N–H and O–H groups in total. The second kappa shape index (κ2) is 24.6. The Hall–Kier alpha value is -6.04. The lowest BCUT2D eigenvalue weighted by molar-refractivity contribution is -0.143. The summed E-state index contributed by atoms with van der Waals surface area (Å²) in [6.45, 7) is 16.5. The van der Waals surface area contributed by atoms with Crippen LogP contribution in [0.3, 0.4) is 0 Å². The van der Waals surface area contributed by atoms with Gasteiger partial charge < -0.3 is 37.9 Å². The van der Waals surface area contributed by atoms with E-state index in [1.165, 1.54) is 50.7 Å². The summed E-state index contributed by atoms with van der Waals surface area (Å²) in [7, 11) is 5.45. The lowest BCUT2D eigenvalue weighted by Gasteiger charge is -2.47. The van der Waals surface area contributed by atoms with Gasteiger partial charge in [-0.3, -0.25) is 0 Å². The molecule has 12 nitrogen and oxygen atoms in total. The lowest BCUT2D eigenvalue weighted by Crippen LogP contribution is -2.39. The summed E-state index contributed by atoms with van der Waals surface area (Å²) >= 11 is 0. The van der Waals surface area contributed by atoms with Crippen LogP contribution in [0, 0.1) is 11.8 Å². The van der Waals surface area contributed by atoms with Gasteiger partial charge in [0, 0.05) is 10.8 Å². The van der Waals surface area contributed by atoms with E-state index in [0.29, 0.717) is 34.8 Å². The Labute approximate surface area is 427 Å². The number of hydrogen-bond donors (Lipinski definition) is 0. The summed E-state index contributed by atoms with van der Waals surface area (Å²) in [6, 6.07) is 25.9. The van der Waals surface area contributed by atoms with Crippen LogP contribution in [-0.2, 0) is 49.0 Å². The second-order valence-electron chi connectivity index (χ2n) is 20.9. The van der Waals surface area contributed by atoms with E-state index >= 15 is 0 Å². The highest BCUT2D eigenvalue weighted by Crippen LogP contribution is 2.55. The van der Waals surface area contributed by atoms with Crippen molar-refractivity contribution in [2.24, 2.45) is 11.8 Å². The van der Waals surface area contributed by atoms with E-state index in [2.05, 4.69) is 104 Å². The van der Waals surface area contributed by atoms with E-state index in [4.69, 9.17) is 37.9 Å². The Kier molecular flexibility index (Phi) is 18.9. The van der Waals surface area contributed by atoms with E-state index in [9.17, 15) is 19.2 Å². The van der Waals surface area contributed by atoms with Gasteiger partial charge >= 0.3 is 23.9 Å². The SMILES string of the molecule is COC(=O)COc1ccc(C2(c3ccc(OCC(=O)OC)c(C(C)C)c3)CCC(C3CCC(c4ccc(OCC(=O)OC)c(C(C)C)c4)(c4ccc(OCC(=O)OC)c(C(C)C)c4)CC3)CC2)cc1C(C)C. The number of methoxy groups -OCH3 is 4. The minimum atomic E-state index is -0.431. The second-order valence-corrected chi connectivity index (χ2v) is 20.9. The van der Waals surface area contributed by atoms with Crippen LogP contribution in [-0.4, -0.2) is 78.7 Å². The van der Waals surface area contributed by atoms with Crippen molar-refractivity contribution in [3.8, 4) is 23.0 Å². The maximum atomic E-state index is 12.2. The largest absolute Gasteiger partial charge is 0.482 e. The molecule has 0 aliphatic heterocycles. The summed E-state index contributed by atoms with van der Waals surface area (Å²) in [5.41, 5.74) is 8.39. The van der Waals surface area contributed by atoms with Gasteiger partial charge in [-0.1, -0.05) is 104 Å².